The number of carbonyl (C=O) groups is 1. The van der Waals surface area contributed by atoms with E-state index in [1.165, 1.54) is 12.1 Å². The van der Waals surface area contributed by atoms with Gasteiger partial charge in [0, 0.05) is 18.9 Å². The molecule has 0 bridgehead atoms. The number of hydrogen-bond donors (Lipinski definition) is 1. The van der Waals surface area contributed by atoms with Crippen LogP contribution < -0.4 is 5.73 Å². The summed E-state index contributed by atoms with van der Waals surface area (Å²) in [5, 5.41) is 0. The van der Waals surface area contributed by atoms with Crippen LogP contribution in [-0.2, 0) is 11.2 Å². The standard InChI is InChI=1S/C14H20FNO/c1-3-4-13(16)9-14(17)8-11-7-12(15)6-5-10(11)2/h5-7,13H,3-4,8-9,16H2,1-2H3. The van der Waals surface area contributed by atoms with E-state index in [1.54, 1.807) is 6.07 Å². The van der Waals surface area contributed by atoms with Gasteiger partial charge in [-0.2, -0.15) is 0 Å². The molecule has 17 heavy (non-hydrogen) atoms. The molecule has 0 amide bonds. The molecule has 0 spiro atoms. The third-order valence-electron chi connectivity index (χ3n) is 2.85. The summed E-state index contributed by atoms with van der Waals surface area (Å²) < 4.78 is 13.0. The maximum absolute atomic E-state index is 13.0. The number of aryl methyl sites for hydroxylation is 1. The number of nitrogens with two attached hydrogens (primary N) is 1. The normalized spacial score (nSPS) is 12.5. The van der Waals surface area contributed by atoms with Gasteiger partial charge < -0.3 is 5.73 Å². The zero-order valence-electron chi connectivity index (χ0n) is 10.5. The summed E-state index contributed by atoms with van der Waals surface area (Å²) in [6.07, 6.45) is 2.49. The lowest BCUT2D eigenvalue weighted by atomic mass is 9.98. The molecule has 2 nitrogen and oxygen atoms in total. The third-order valence-corrected chi connectivity index (χ3v) is 2.85. The van der Waals surface area contributed by atoms with Crippen LogP contribution in [0.3, 0.4) is 0 Å². The molecule has 1 aromatic carbocycles. The number of ketones is 1. The summed E-state index contributed by atoms with van der Waals surface area (Å²) in [5.41, 5.74) is 7.52. The molecular weight excluding hydrogens is 217 g/mol. The van der Waals surface area contributed by atoms with E-state index in [0.717, 1.165) is 24.0 Å². The second kappa shape index (κ2) is 6.50. The number of Topliss-reactive ketones (excluding diaryl/α,β-unsaturated/α-hetero) is 1. The molecule has 0 aromatic heterocycles. The van der Waals surface area contributed by atoms with Crippen molar-refractivity contribution in [3.05, 3.63) is 35.1 Å². The Morgan fingerprint density at radius 3 is 2.82 bits per heavy atom. The van der Waals surface area contributed by atoms with Crippen LogP contribution in [0, 0.1) is 12.7 Å². The SMILES string of the molecule is CCCC(N)CC(=O)Cc1cc(F)ccc1C. The molecule has 0 aliphatic rings. The van der Waals surface area contributed by atoms with Crippen molar-refractivity contribution >= 4 is 5.78 Å². The van der Waals surface area contributed by atoms with E-state index in [9.17, 15) is 9.18 Å². The monoisotopic (exact) mass is 237 g/mol. The molecule has 0 aliphatic heterocycles. The minimum Gasteiger partial charge on any atom is -0.327 e. The summed E-state index contributed by atoms with van der Waals surface area (Å²) in [7, 11) is 0. The van der Waals surface area contributed by atoms with E-state index in [0.29, 0.717) is 6.42 Å². The van der Waals surface area contributed by atoms with Gasteiger partial charge in [0.25, 0.3) is 0 Å². The average molecular weight is 237 g/mol. The first-order valence-electron chi connectivity index (χ1n) is 6.05. The molecule has 0 fully saturated rings. The average Bonchev–Trinajstić information content (AvgIpc) is 2.23. The van der Waals surface area contributed by atoms with Crippen LogP contribution in [0.25, 0.3) is 0 Å². The van der Waals surface area contributed by atoms with Crippen LogP contribution in [0.5, 0.6) is 0 Å². The molecule has 3 heteroatoms. The van der Waals surface area contributed by atoms with Crippen molar-refractivity contribution in [2.45, 2.75) is 45.6 Å². The fourth-order valence-corrected chi connectivity index (χ4v) is 1.88. The van der Waals surface area contributed by atoms with Gasteiger partial charge in [0.2, 0.25) is 0 Å². The number of benzene rings is 1. The number of halogens is 1. The fraction of sp³-hybridized carbons (Fsp3) is 0.500. The molecule has 0 saturated carbocycles. The molecule has 94 valence electrons. The zero-order valence-corrected chi connectivity index (χ0v) is 10.5. The van der Waals surface area contributed by atoms with Crippen molar-refractivity contribution in [1.82, 2.24) is 0 Å². The molecule has 1 aromatic rings. The summed E-state index contributed by atoms with van der Waals surface area (Å²) in [5.74, 6) is -0.212. The molecule has 2 N–H and O–H groups in total. The molecular formula is C14H20FNO. The van der Waals surface area contributed by atoms with E-state index in [-0.39, 0.29) is 24.1 Å². The first kappa shape index (κ1) is 13.8. The lowest BCUT2D eigenvalue weighted by molar-refractivity contribution is -0.118. The van der Waals surface area contributed by atoms with E-state index in [2.05, 4.69) is 0 Å². The largest absolute Gasteiger partial charge is 0.327 e. The second-order valence-corrected chi connectivity index (χ2v) is 4.54. The fourth-order valence-electron chi connectivity index (χ4n) is 1.88. The van der Waals surface area contributed by atoms with Gasteiger partial charge in [0.05, 0.1) is 0 Å². The second-order valence-electron chi connectivity index (χ2n) is 4.54. The quantitative estimate of drug-likeness (QED) is 0.826. The van der Waals surface area contributed by atoms with Crippen molar-refractivity contribution in [2.24, 2.45) is 5.73 Å². The molecule has 1 unspecified atom stereocenters. The maximum Gasteiger partial charge on any atom is 0.138 e. The molecule has 0 radical (unpaired) electrons. The highest BCUT2D eigenvalue weighted by Crippen LogP contribution is 2.12. The van der Waals surface area contributed by atoms with Crippen LogP contribution in [0.2, 0.25) is 0 Å². The predicted octanol–water partition coefficient (Wildman–Crippen LogP) is 2.76. The Morgan fingerprint density at radius 1 is 1.47 bits per heavy atom. The van der Waals surface area contributed by atoms with E-state index < -0.39 is 0 Å². The zero-order chi connectivity index (χ0) is 12.8. The Morgan fingerprint density at radius 2 is 2.18 bits per heavy atom. The number of rotatable bonds is 6. The Balaban J connectivity index is 2.58. The summed E-state index contributed by atoms with van der Waals surface area (Å²) in [6, 6.07) is 4.47. The van der Waals surface area contributed by atoms with Crippen LogP contribution in [-0.4, -0.2) is 11.8 Å². The van der Waals surface area contributed by atoms with Gasteiger partial charge in [-0.25, -0.2) is 4.39 Å². The van der Waals surface area contributed by atoms with E-state index >= 15 is 0 Å². The van der Waals surface area contributed by atoms with Crippen LogP contribution in [0.4, 0.5) is 4.39 Å². The summed E-state index contributed by atoms with van der Waals surface area (Å²) in [4.78, 5) is 11.8. The van der Waals surface area contributed by atoms with Gasteiger partial charge in [-0.3, -0.25) is 4.79 Å². The van der Waals surface area contributed by atoms with Gasteiger partial charge in [-0.05, 0) is 36.6 Å². The first-order chi connectivity index (χ1) is 8.02. The van der Waals surface area contributed by atoms with Crippen molar-refractivity contribution < 1.29 is 9.18 Å². The minimum absolute atomic E-state index is 0.0682. The Hall–Kier alpha value is -1.22. The number of carbonyl (C=O) groups excluding carboxylic acids is 1. The highest BCUT2D eigenvalue weighted by Gasteiger charge is 2.11. The topological polar surface area (TPSA) is 43.1 Å². The Labute approximate surface area is 102 Å². The van der Waals surface area contributed by atoms with Crippen LogP contribution in [0.1, 0.15) is 37.3 Å². The highest BCUT2D eigenvalue weighted by molar-refractivity contribution is 5.81. The van der Waals surface area contributed by atoms with E-state index in [4.69, 9.17) is 5.73 Å². The van der Waals surface area contributed by atoms with Crippen molar-refractivity contribution in [3.63, 3.8) is 0 Å². The third kappa shape index (κ3) is 4.65. The van der Waals surface area contributed by atoms with Crippen molar-refractivity contribution in [2.75, 3.05) is 0 Å². The lowest BCUT2D eigenvalue weighted by Crippen LogP contribution is -2.24. The lowest BCUT2D eigenvalue weighted by Gasteiger charge is -2.10. The van der Waals surface area contributed by atoms with Crippen LogP contribution >= 0.6 is 0 Å². The van der Waals surface area contributed by atoms with Gasteiger partial charge in [0.15, 0.2) is 0 Å². The van der Waals surface area contributed by atoms with Gasteiger partial charge in [0.1, 0.15) is 11.6 Å². The smallest absolute Gasteiger partial charge is 0.138 e. The number of hydrogen-bond acceptors (Lipinski definition) is 2. The molecule has 1 atom stereocenters. The van der Waals surface area contributed by atoms with Gasteiger partial charge in [-0.15, -0.1) is 0 Å². The Bertz CT molecular complexity index is 390. The predicted molar refractivity (Wildman–Crippen MR) is 67.3 cm³/mol. The van der Waals surface area contributed by atoms with Gasteiger partial charge in [-0.1, -0.05) is 19.4 Å². The van der Waals surface area contributed by atoms with Crippen molar-refractivity contribution in [1.29, 1.82) is 0 Å². The van der Waals surface area contributed by atoms with Crippen LogP contribution in [0.15, 0.2) is 18.2 Å². The van der Waals surface area contributed by atoms with Crippen molar-refractivity contribution in [3.8, 4) is 0 Å². The minimum atomic E-state index is -0.295. The highest BCUT2D eigenvalue weighted by atomic mass is 19.1. The Kier molecular flexibility index (Phi) is 5.29. The molecule has 0 aliphatic carbocycles. The van der Waals surface area contributed by atoms with Gasteiger partial charge >= 0.3 is 0 Å². The maximum atomic E-state index is 13.0. The molecule has 1 rings (SSSR count). The molecule has 0 saturated heterocycles. The summed E-state index contributed by atoms with van der Waals surface area (Å²) >= 11 is 0. The summed E-state index contributed by atoms with van der Waals surface area (Å²) in [6.45, 7) is 3.93. The first-order valence-corrected chi connectivity index (χ1v) is 6.05. The van der Waals surface area contributed by atoms with E-state index in [1.807, 2.05) is 13.8 Å². The molecule has 0 heterocycles.